The van der Waals surface area contributed by atoms with E-state index < -0.39 is 49.2 Å². The van der Waals surface area contributed by atoms with Crippen LogP contribution in [0.1, 0.15) is 69.7 Å². The fourth-order valence-corrected chi connectivity index (χ4v) is 10.2. The molecule has 0 aliphatic carbocycles. The summed E-state index contributed by atoms with van der Waals surface area (Å²) in [4.78, 5) is 29.2. The summed E-state index contributed by atoms with van der Waals surface area (Å²) in [6.07, 6.45) is 5.10. The van der Waals surface area contributed by atoms with Crippen molar-refractivity contribution in [1.29, 1.82) is 0 Å². The van der Waals surface area contributed by atoms with E-state index in [-0.39, 0.29) is 34.1 Å². The topological polar surface area (TPSA) is 161 Å². The highest BCUT2D eigenvalue weighted by Crippen LogP contribution is 2.38. The zero-order chi connectivity index (χ0) is 36.0. The Morgan fingerprint density at radius 2 is 1.92 bits per heavy atom. The first-order valence-electron chi connectivity index (χ1n) is 16.5. The number of nitrogens with zero attached hydrogens (tertiary/aromatic N) is 5. The molecule has 0 saturated carbocycles. The highest BCUT2D eigenvalue weighted by Gasteiger charge is 2.37. The van der Waals surface area contributed by atoms with Gasteiger partial charge in [-0.05, 0) is 73.6 Å². The average Bonchev–Trinajstić information content (AvgIpc) is 3.69. The Hall–Kier alpha value is -4.30. The van der Waals surface area contributed by atoms with Crippen LogP contribution < -0.4 is 0 Å². The maximum atomic E-state index is 15.8. The van der Waals surface area contributed by atoms with Crippen LogP contribution in [0.25, 0.3) is 22.4 Å². The van der Waals surface area contributed by atoms with E-state index in [0.717, 1.165) is 0 Å². The molecule has 1 aliphatic rings. The molecule has 0 spiro atoms. The number of carboxylic acid groups (broad SMARTS) is 1. The first-order valence-corrected chi connectivity index (χ1v) is 19.5. The van der Waals surface area contributed by atoms with E-state index in [9.17, 15) is 22.5 Å². The van der Waals surface area contributed by atoms with Crippen LogP contribution in [0.15, 0.2) is 64.6 Å². The van der Waals surface area contributed by atoms with Gasteiger partial charge in [-0.1, -0.05) is 33.3 Å². The van der Waals surface area contributed by atoms with Gasteiger partial charge in [0.05, 0.1) is 44.2 Å². The standard InChI is InChI=1S/C36H41FN6O5S2/c1-22(33(44)45)18-23-8-6-9-30(40-23)36(4)14-7-13-35(2,3)21-50(47,48)17-12-26-25-11-16-38-28(25)20-27(37)31(26)49(46)24-10-15-39-29(19-24)32-41-34(36)42-43(32)5/h6,8-11,15-16,19-20,22,38H,7,12-14,17-18,21H2,1-5H3,(H,44,45)/t22-,36?,49?/m0/s1. The Kier molecular flexibility index (Phi) is 9.55. The fourth-order valence-electron chi connectivity index (χ4n) is 6.85. The summed E-state index contributed by atoms with van der Waals surface area (Å²) in [6.45, 7) is 7.48. The molecule has 0 radical (unpaired) electrons. The van der Waals surface area contributed by atoms with E-state index in [1.54, 1.807) is 49.1 Å². The molecule has 2 N–H and O–H groups in total. The van der Waals surface area contributed by atoms with Crippen molar-refractivity contribution in [2.45, 2.75) is 75.0 Å². The molecule has 0 fully saturated rings. The summed E-state index contributed by atoms with van der Waals surface area (Å²) in [5.41, 5.74) is 1.12. The minimum atomic E-state index is -3.62. The highest BCUT2D eigenvalue weighted by atomic mass is 32.2. The molecular formula is C36H41FN6O5S2. The van der Waals surface area contributed by atoms with Gasteiger partial charge in [-0.15, -0.1) is 0 Å². The van der Waals surface area contributed by atoms with Crippen LogP contribution in [0.5, 0.6) is 0 Å². The first-order chi connectivity index (χ1) is 23.6. The molecule has 14 heteroatoms. The molecule has 2 unspecified atom stereocenters. The lowest BCUT2D eigenvalue weighted by Crippen LogP contribution is -2.30. The second kappa shape index (κ2) is 13.4. The van der Waals surface area contributed by atoms with E-state index in [1.165, 1.54) is 12.3 Å². The van der Waals surface area contributed by atoms with Crippen LogP contribution >= 0.6 is 0 Å². The SMILES string of the molecule is C[C@@H](Cc1cccc(C2(C)CCCC(C)(C)CS(=O)(=O)CCc3c(c(F)cc4[nH]ccc34)S(=O)c3ccnc(c3)-c3nc2nn3C)n1)C(=O)O. The maximum Gasteiger partial charge on any atom is 0.306 e. The summed E-state index contributed by atoms with van der Waals surface area (Å²) in [5.74, 6) is -1.67. The van der Waals surface area contributed by atoms with E-state index >= 15 is 4.39 Å². The molecule has 6 rings (SSSR count). The van der Waals surface area contributed by atoms with Crippen molar-refractivity contribution in [2.24, 2.45) is 18.4 Å². The van der Waals surface area contributed by atoms with Crippen molar-refractivity contribution in [2.75, 3.05) is 11.5 Å². The molecule has 1 aromatic carbocycles. The van der Waals surface area contributed by atoms with Gasteiger partial charge < -0.3 is 10.1 Å². The number of halogens is 1. The molecule has 4 bridgehead atoms. The Morgan fingerprint density at radius 1 is 1.14 bits per heavy atom. The van der Waals surface area contributed by atoms with Crippen molar-refractivity contribution in [3.8, 4) is 11.5 Å². The summed E-state index contributed by atoms with van der Waals surface area (Å²) < 4.78 is 59.0. The van der Waals surface area contributed by atoms with Gasteiger partial charge >= 0.3 is 5.97 Å². The van der Waals surface area contributed by atoms with Gasteiger partial charge in [0.25, 0.3) is 0 Å². The third-order valence-corrected chi connectivity index (χ3v) is 13.1. The van der Waals surface area contributed by atoms with Gasteiger partial charge in [-0.3, -0.25) is 14.8 Å². The lowest BCUT2D eigenvalue weighted by molar-refractivity contribution is -0.141. The van der Waals surface area contributed by atoms with E-state index in [2.05, 4.69) is 9.97 Å². The number of nitrogens with one attached hydrogen (secondary N) is 1. The predicted molar refractivity (Wildman–Crippen MR) is 188 cm³/mol. The lowest BCUT2D eigenvalue weighted by atomic mass is 9.78. The zero-order valence-electron chi connectivity index (χ0n) is 28.7. The summed E-state index contributed by atoms with van der Waals surface area (Å²) in [6, 6.07) is 11.7. The summed E-state index contributed by atoms with van der Waals surface area (Å²) >= 11 is 0. The van der Waals surface area contributed by atoms with Gasteiger partial charge in [0.2, 0.25) is 0 Å². The molecule has 4 aromatic heterocycles. The number of carboxylic acids is 1. The molecule has 50 heavy (non-hydrogen) atoms. The molecule has 264 valence electrons. The Morgan fingerprint density at radius 3 is 2.68 bits per heavy atom. The number of sulfone groups is 1. The van der Waals surface area contributed by atoms with Crippen LogP contribution in [0, 0.1) is 17.2 Å². The normalized spacial score (nSPS) is 21.5. The van der Waals surface area contributed by atoms with Gasteiger partial charge in [0.1, 0.15) is 11.5 Å². The third kappa shape index (κ3) is 7.13. The largest absolute Gasteiger partial charge is 0.481 e. The van der Waals surface area contributed by atoms with Gasteiger partial charge in [0, 0.05) is 47.4 Å². The van der Waals surface area contributed by atoms with E-state index in [1.807, 2.05) is 32.9 Å². The van der Waals surface area contributed by atoms with Crippen molar-refractivity contribution in [1.82, 2.24) is 29.7 Å². The molecule has 0 amide bonds. The molecule has 5 heterocycles. The molecule has 5 aromatic rings. The van der Waals surface area contributed by atoms with Gasteiger partial charge in [-0.25, -0.2) is 26.7 Å². The number of benzene rings is 1. The Balaban J connectivity index is 1.50. The smallest absolute Gasteiger partial charge is 0.306 e. The van der Waals surface area contributed by atoms with Crippen molar-refractivity contribution in [3.05, 3.63) is 83.5 Å². The molecule has 3 atom stereocenters. The predicted octanol–water partition coefficient (Wildman–Crippen LogP) is 5.80. The van der Waals surface area contributed by atoms with E-state index in [0.29, 0.717) is 64.5 Å². The number of aromatic amines is 1. The number of hydrogen-bond donors (Lipinski definition) is 2. The monoisotopic (exact) mass is 720 g/mol. The number of fused-ring (bicyclic) bond motifs is 8. The fraction of sp³-hybridized carbons (Fsp3) is 0.417. The Labute approximate surface area is 293 Å². The summed E-state index contributed by atoms with van der Waals surface area (Å²) in [7, 11) is -3.91. The lowest BCUT2D eigenvalue weighted by Gasteiger charge is -2.30. The maximum absolute atomic E-state index is 15.8. The van der Waals surface area contributed by atoms with Crippen LogP contribution in [0.2, 0.25) is 0 Å². The second-order valence-corrected chi connectivity index (χ2v) is 17.9. The van der Waals surface area contributed by atoms with Crippen LogP contribution in [0.3, 0.4) is 0 Å². The van der Waals surface area contributed by atoms with Crippen LogP contribution in [-0.2, 0) is 50.7 Å². The van der Waals surface area contributed by atoms with Crippen molar-refractivity contribution >= 4 is 37.5 Å². The number of carbonyl (C=O) groups is 1. The number of hydrogen-bond acceptors (Lipinski definition) is 8. The number of aromatic nitrogens is 6. The third-order valence-electron chi connectivity index (χ3n) is 9.60. The first kappa shape index (κ1) is 35.5. The number of aryl methyl sites for hydroxylation is 2. The number of pyridine rings is 2. The quantitative estimate of drug-likeness (QED) is 0.234. The number of H-pyrrole nitrogens is 1. The molecular weight excluding hydrogens is 680 g/mol. The van der Waals surface area contributed by atoms with Gasteiger partial charge in [0.15, 0.2) is 21.5 Å². The zero-order valence-corrected chi connectivity index (χ0v) is 30.4. The highest BCUT2D eigenvalue weighted by molar-refractivity contribution is 7.91. The Bertz CT molecular complexity index is 2230. The molecule has 11 nitrogen and oxygen atoms in total. The van der Waals surface area contributed by atoms with Crippen molar-refractivity contribution < 1.29 is 26.9 Å². The van der Waals surface area contributed by atoms with Gasteiger partial charge in [-0.2, -0.15) is 5.10 Å². The minimum Gasteiger partial charge on any atom is -0.481 e. The molecule has 1 aliphatic heterocycles. The van der Waals surface area contributed by atoms with Crippen LogP contribution in [-0.4, -0.2) is 64.9 Å². The number of aliphatic carboxylic acids is 1. The van der Waals surface area contributed by atoms with Crippen LogP contribution in [0.4, 0.5) is 4.39 Å². The second-order valence-electron chi connectivity index (χ2n) is 14.3. The summed E-state index contributed by atoms with van der Waals surface area (Å²) in [5, 5.41) is 15.0. The number of rotatable bonds is 4. The van der Waals surface area contributed by atoms with Crippen molar-refractivity contribution in [3.63, 3.8) is 0 Å². The average molecular weight is 721 g/mol. The van der Waals surface area contributed by atoms with E-state index in [4.69, 9.17) is 15.1 Å². The molecule has 0 saturated heterocycles. The minimum absolute atomic E-state index is 0.00321.